The van der Waals surface area contributed by atoms with E-state index >= 15 is 0 Å². The summed E-state index contributed by atoms with van der Waals surface area (Å²) >= 11 is 7.59. The molecule has 0 aliphatic carbocycles. The molecule has 0 bridgehead atoms. The molecule has 1 aliphatic heterocycles. The number of aliphatic imine (C=N–C) groups is 1. The van der Waals surface area contributed by atoms with Crippen LogP contribution in [0.1, 0.15) is 5.56 Å². The number of hydrogen-bond donors (Lipinski definition) is 0. The van der Waals surface area contributed by atoms with E-state index in [0.29, 0.717) is 0 Å². The van der Waals surface area contributed by atoms with Gasteiger partial charge in [-0.25, -0.2) is 0 Å². The normalized spacial score (nSPS) is 16.2. The first kappa shape index (κ1) is 9.81. The fourth-order valence-corrected chi connectivity index (χ4v) is 2.20. The van der Waals surface area contributed by atoms with Crippen molar-refractivity contribution in [2.24, 2.45) is 4.99 Å². The summed E-state index contributed by atoms with van der Waals surface area (Å²) in [4.78, 5) is 4.47. The molecule has 1 aliphatic rings. The van der Waals surface area contributed by atoms with E-state index in [4.69, 9.17) is 11.6 Å². The van der Waals surface area contributed by atoms with Crippen molar-refractivity contribution in [1.29, 1.82) is 0 Å². The standard InChI is InChI=1S/C11H10ClNS/c12-10-5-3-9(4-6-10)11-13-7-1-2-8-14-11/h1-6H,7-8H2. The van der Waals surface area contributed by atoms with E-state index in [1.807, 2.05) is 24.3 Å². The van der Waals surface area contributed by atoms with Gasteiger partial charge in [0.15, 0.2) is 0 Å². The van der Waals surface area contributed by atoms with Crippen LogP contribution in [-0.4, -0.2) is 17.3 Å². The number of rotatable bonds is 1. The van der Waals surface area contributed by atoms with Crippen molar-refractivity contribution in [2.45, 2.75) is 0 Å². The lowest BCUT2D eigenvalue weighted by atomic mass is 10.2. The van der Waals surface area contributed by atoms with Gasteiger partial charge >= 0.3 is 0 Å². The Hall–Kier alpha value is -0.730. The van der Waals surface area contributed by atoms with E-state index in [1.54, 1.807) is 11.8 Å². The van der Waals surface area contributed by atoms with E-state index < -0.39 is 0 Å². The highest BCUT2D eigenvalue weighted by atomic mass is 35.5. The summed E-state index contributed by atoms with van der Waals surface area (Å²) in [5.41, 5.74) is 1.16. The monoisotopic (exact) mass is 223 g/mol. The number of benzene rings is 1. The molecular formula is C11H10ClNS. The van der Waals surface area contributed by atoms with Crippen LogP contribution in [0, 0.1) is 0 Å². The lowest BCUT2D eigenvalue weighted by Crippen LogP contribution is -1.95. The van der Waals surface area contributed by atoms with Crippen molar-refractivity contribution in [1.82, 2.24) is 0 Å². The zero-order chi connectivity index (χ0) is 9.80. The van der Waals surface area contributed by atoms with Crippen molar-refractivity contribution < 1.29 is 0 Å². The minimum atomic E-state index is 0.770. The minimum absolute atomic E-state index is 0.770. The van der Waals surface area contributed by atoms with Crippen LogP contribution >= 0.6 is 23.4 Å². The fraction of sp³-hybridized carbons (Fsp3) is 0.182. The lowest BCUT2D eigenvalue weighted by molar-refractivity contribution is 1.25. The van der Waals surface area contributed by atoms with E-state index in [1.165, 1.54) is 0 Å². The van der Waals surface area contributed by atoms with Crippen LogP contribution in [0.5, 0.6) is 0 Å². The van der Waals surface area contributed by atoms with Crippen LogP contribution in [0.4, 0.5) is 0 Å². The Balaban J connectivity index is 2.22. The molecular weight excluding hydrogens is 214 g/mol. The van der Waals surface area contributed by atoms with Crippen molar-refractivity contribution in [3.8, 4) is 0 Å². The van der Waals surface area contributed by atoms with Gasteiger partial charge in [-0.15, -0.1) is 11.8 Å². The Labute approximate surface area is 92.9 Å². The van der Waals surface area contributed by atoms with E-state index in [-0.39, 0.29) is 0 Å². The molecule has 1 heterocycles. The predicted molar refractivity (Wildman–Crippen MR) is 64.5 cm³/mol. The van der Waals surface area contributed by atoms with Crippen molar-refractivity contribution in [3.05, 3.63) is 47.0 Å². The minimum Gasteiger partial charge on any atom is -0.274 e. The molecule has 14 heavy (non-hydrogen) atoms. The molecule has 0 aromatic heterocycles. The van der Waals surface area contributed by atoms with E-state index in [9.17, 15) is 0 Å². The second kappa shape index (κ2) is 4.67. The maximum Gasteiger partial charge on any atom is 0.0983 e. The molecule has 0 amide bonds. The smallest absolute Gasteiger partial charge is 0.0983 e. The van der Waals surface area contributed by atoms with E-state index in [0.717, 1.165) is 27.9 Å². The maximum atomic E-state index is 5.82. The first-order valence-electron chi connectivity index (χ1n) is 4.44. The summed E-state index contributed by atoms with van der Waals surface area (Å²) in [7, 11) is 0. The first-order valence-corrected chi connectivity index (χ1v) is 5.81. The fourth-order valence-electron chi connectivity index (χ4n) is 1.22. The highest BCUT2D eigenvalue weighted by Gasteiger charge is 2.04. The molecule has 2 rings (SSSR count). The predicted octanol–water partition coefficient (Wildman–Crippen LogP) is 3.39. The molecule has 1 aromatic carbocycles. The third-order valence-electron chi connectivity index (χ3n) is 1.91. The van der Waals surface area contributed by atoms with Gasteiger partial charge in [-0.05, 0) is 12.1 Å². The zero-order valence-electron chi connectivity index (χ0n) is 7.61. The van der Waals surface area contributed by atoms with Gasteiger partial charge in [0.1, 0.15) is 0 Å². The first-order chi connectivity index (χ1) is 6.86. The van der Waals surface area contributed by atoms with Gasteiger partial charge in [-0.1, -0.05) is 35.9 Å². The third-order valence-corrected chi connectivity index (χ3v) is 3.16. The van der Waals surface area contributed by atoms with Gasteiger partial charge in [-0.3, -0.25) is 4.99 Å². The Bertz CT molecular complexity index is 367. The molecule has 0 atom stereocenters. The second-order valence-corrected chi connectivity index (χ2v) is 4.38. The largest absolute Gasteiger partial charge is 0.274 e. The quantitative estimate of drug-likeness (QED) is 0.665. The van der Waals surface area contributed by atoms with Crippen LogP contribution < -0.4 is 0 Å². The topological polar surface area (TPSA) is 12.4 Å². The van der Waals surface area contributed by atoms with Crippen LogP contribution in [0.15, 0.2) is 41.4 Å². The molecule has 1 nitrogen and oxygen atoms in total. The van der Waals surface area contributed by atoms with Gasteiger partial charge in [-0.2, -0.15) is 0 Å². The van der Waals surface area contributed by atoms with Gasteiger partial charge < -0.3 is 0 Å². The number of nitrogens with zero attached hydrogens (tertiary/aromatic N) is 1. The van der Waals surface area contributed by atoms with Crippen LogP contribution in [0.3, 0.4) is 0 Å². The molecule has 0 radical (unpaired) electrons. The lowest BCUT2D eigenvalue weighted by Gasteiger charge is -2.02. The van der Waals surface area contributed by atoms with Crippen molar-refractivity contribution >= 4 is 28.4 Å². The van der Waals surface area contributed by atoms with Gasteiger partial charge in [0.05, 0.1) is 11.6 Å². The van der Waals surface area contributed by atoms with Crippen molar-refractivity contribution in [2.75, 3.05) is 12.3 Å². The Kier molecular flexibility index (Phi) is 3.27. The highest BCUT2D eigenvalue weighted by Crippen LogP contribution is 2.18. The molecule has 72 valence electrons. The highest BCUT2D eigenvalue weighted by molar-refractivity contribution is 8.14. The molecule has 0 saturated carbocycles. The molecule has 1 aromatic rings. The second-order valence-electron chi connectivity index (χ2n) is 2.94. The van der Waals surface area contributed by atoms with Crippen LogP contribution in [0.25, 0.3) is 0 Å². The summed E-state index contributed by atoms with van der Waals surface area (Å²) in [6.45, 7) is 0.783. The number of hydrogen-bond acceptors (Lipinski definition) is 2. The summed E-state index contributed by atoms with van der Waals surface area (Å²) < 4.78 is 0. The molecule has 0 spiro atoms. The number of halogens is 1. The molecule has 0 saturated heterocycles. The van der Waals surface area contributed by atoms with Crippen LogP contribution in [-0.2, 0) is 0 Å². The SMILES string of the molecule is Clc1ccc(C2=NCC=CCS2)cc1. The molecule has 0 N–H and O–H groups in total. The summed E-state index contributed by atoms with van der Waals surface area (Å²) in [5, 5.41) is 1.87. The average Bonchev–Trinajstić information content (AvgIpc) is 2.47. The summed E-state index contributed by atoms with van der Waals surface area (Å²) in [5.74, 6) is 1.00. The van der Waals surface area contributed by atoms with Gasteiger partial charge in [0, 0.05) is 16.3 Å². The molecule has 3 heteroatoms. The van der Waals surface area contributed by atoms with Crippen LogP contribution in [0.2, 0.25) is 5.02 Å². The Morgan fingerprint density at radius 1 is 1.14 bits per heavy atom. The number of thioether (sulfide) groups is 1. The third kappa shape index (κ3) is 2.40. The molecule has 0 unspecified atom stereocenters. The Morgan fingerprint density at radius 2 is 1.93 bits per heavy atom. The maximum absolute atomic E-state index is 5.82. The summed E-state index contributed by atoms with van der Waals surface area (Å²) in [6, 6.07) is 7.83. The van der Waals surface area contributed by atoms with E-state index in [2.05, 4.69) is 17.1 Å². The molecule has 0 fully saturated rings. The zero-order valence-corrected chi connectivity index (χ0v) is 9.18. The van der Waals surface area contributed by atoms with Gasteiger partial charge in [0.2, 0.25) is 0 Å². The van der Waals surface area contributed by atoms with Gasteiger partial charge in [0.25, 0.3) is 0 Å². The average molecular weight is 224 g/mol. The Morgan fingerprint density at radius 3 is 2.71 bits per heavy atom. The van der Waals surface area contributed by atoms with Crippen molar-refractivity contribution in [3.63, 3.8) is 0 Å². The summed E-state index contributed by atoms with van der Waals surface area (Å²) in [6.07, 6.45) is 4.24.